The summed E-state index contributed by atoms with van der Waals surface area (Å²) >= 11 is 0. The van der Waals surface area contributed by atoms with Crippen LogP contribution in [0.15, 0.2) is 30.3 Å². The third-order valence-corrected chi connectivity index (χ3v) is 3.75. The van der Waals surface area contributed by atoms with Gasteiger partial charge < -0.3 is 9.80 Å². The average molecular weight is 274 g/mol. The second kappa shape index (κ2) is 6.55. The molecule has 2 rings (SSSR count). The molecule has 0 radical (unpaired) electrons. The molecule has 0 saturated carbocycles. The molecule has 2 amide bonds. The van der Waals surface area contributed by atoms with Crippen molar-refractivity contribution in [1.82, 2.24) is 9.80 Å². The number of piperazine rings is 1. The summed E-state index contributed by atoms with van der Waals surface area (Å²) in [6.07, 6.45) is 2.55. The van der Waals surface area contributed by atoms with Gasteiger partial charge in [-0.25, -0.2) is 0 Å². The topological polar surface area (TPSA) is 40.6 Å². The predicted octanol–water partition coefficient (Wildman–Crippen LogP) is 1.70. The summed E-state index contributed by atoms with van der Waals surface area (Å²) in [5, 5.41) is 0. The first-order valence-corrected chi connectivity index (χ1v) is 7.22. The van der Waals surface area contributed by atoms with E-state index in [1.807, 2.05) is 30.3 Å². The number of nitrogens with zero attached hydrogens (tertiary/aromatic N) is 2. The Hall–Kier alpha value is -1.84. The number of unbranched alkanes of at least 4 members (excludes halogenated alkanes) is 1. The third-order valence-electron chi connectivity index (χ3n) is 3.75. The molecule has 1 heterocycles. The smallest absolute Gasteiger partial charge is 0.245 e. The Morgan fingerprint density at radius 1 is 1.20 bits per heavy atom. The SMILES string of the molecule is CCCCN1C(=O)CN(C)C(=O)[C@@H]1Cc1ccccc1. The van der Waals surface area contributed by atoms with E-state index in [4.69, 9.17) is 0 Å². The van der Waals surface area contributed by atoms with Gasteiger partial charge >= 0.3 is 0 Å². The Kier molecular flexibility index (Phi) is 4.77. The maximum atomic E-state index is 12.4. The molecule has 108 valence electrons. The van der Waals surface area contributed by atoms with Gasteiger partial charge in [-0.15, -0.1) is 0 Å². The van der Waals surface area contributed by atoms with Crippen molar-refractivity contribution in [2.45, 2.75) is 32.2 Å². The number of carbonyl (C=O) groups excluding carboxylic acids is 2. The number of rotatable bonds is 5. The zero-order chi connectivity index (χ0) is 14.5. The Balaban J connectivity index is 2.18. The fourth-order valence-electron chi connectivity index (χ4n) is 2.58. The maximum absolute atomic E-state index is 12.4. The molecule has 1 saturated heterocycles. The molecule has 20 heavy (non-hydrogen) atoms. The maximum Gasteiger partial charge on any atom is 0.245 e. The van der Waals surface area contributed by atoms with Crippen molar-refractivity contribution in [2.75, 3.05) is 20.1 Å². The molecule has 4 nitrogen and oxygen atoms in total. The van der Waals surface area contributed by atoms with Gasteiger partial charge in [-0.1, -0.05) is 43.7 Å². The summed E-state index contributed by atoms with van der Waals surface area (Å²) in [5.74, 6) is 0.103. The molecule has 1 fully saturated rings. The van der Waals surface area contributed by atoms with Crippen LogP contribution in [-0.2, 0) is 16.0 Å². The van der Waals surface area contributed by atoms with Gasteiger partial charge in [0, 0.05) is 20.0 Å². The number of benzene rings is 1. The van der Waals surface area contributed by atoms with Crippen LogP contribution in [0, 0.1) is 0 Å². The number of hydrogen-bond donors (Lipinski definition) is 0. The van der Waals surface area contributed by atoms with Crippen LogP contribution in [0.5, 0.6) is 0 Å². The van der Waals surface area contributed by atoms with E-state index in [0.29, 0.717) is 13.0 Å². The zero-order valence-electron chi connectivity index (χ0n) is 12.2. The van der Waals surface area contributed by atoms with Gasteiger partial charge in [-0.2, -0.15) is 0 Å². The zero-order valence-corrected chi connectivity index (χ0v) is 12.2. The minimum Gasteiger partial charge on any atom is -0.335 e. The van der Waals surface area contributed by atoms with E-state index in [2.05, 4.69) is 6.92 Å². The Morgan fingerprint density at radius 2 is 1.90 bits per heavy atom. The summed E-state index contributed by atoms with van der Waals surface area (Å²) in [7, 11) is 1.70. The number of amides is 2. The minimum atomic E-state index is -0.352. The van der Waals surface area contributed by atoms with Gasteiger partial charge in [0.2, 0.25) is 11.8 Å². The van der Waals surface area contributed by atoms with E-state index in [9.17, 15) is 9.59 Å². The lowest BCUT2D eigenvalue weighted by atomic mass is 10.0. The van der Waals surface area contributed by atoms with E-state index >= 15 is 0 Å². The van der Waals surface area contributed by atoms with Crippen molar-refractivity contribution >= 4 is 11.8 Å². The van der Waals surface area contributed by atoms with E-state index in [1.165, 1.54) is 0 Å². The van der Waals surface area contributed by atoms with E-state index < -0.39 is 0 Å². The molecule has 1 atom stereocenters. The molecule has 4 heteroatoms. The second-order valence-electron chi connectivity index (χ2n) is 5.34. The molecule has 0 spiro atoms. The largest absolute Gasteiger partial charge is 0.335 e. The molecule has 1 aromatic carbocycles. The summed E-state index contributed by atoms with van der Waals surface area (Å²) in [4.78, 5) is 27.9. The van der Waals surface area contributed by atoms with Crippen LogP contribution in [0.2, 0.25) is 0 Å². The predicted molar refractivity (Wildman–Crippen MR) is 78.2 cm³/mol. The standard InChI is InChI=1S/C16H22N2O2/c1-3-4-10-18-14(11-13-8-6-5-7-9-13)16(20)17(2)12-15(18)19/h5-9,14H,3-4,10-12H2,1-2H3/t14-/m0/s1. The Labute approximate surface area is 120 Å². The molecule has 0 aromatic heterocycles. The van der Waals surface area contributed by atoms with Gasteiger partial charge in [-0.05, 0) is 12.0 Å². The molecule has 1 aliphatic heterocycles. The molecule has 1 aromatic rings. The van der Waals surface area contributed by atoms with Gasteiger partial charge in [0.25, 0.3) is 0 Å². The van der Waals surface area contributed by atoms with Crippen molar-refractivity contribution < 1.29 is 9.59 Å². The van der Waals surface area contributed by atoms with Gasteiger partial charge in [0.1, 0.15) is 6.04 Å². The summed E-state index contributed by atoms with van der Waals surface area (Å²) in [5.41, 5.74) is 1.09. The van der Waals surface area contributed by atoms with E-state index in [1.54, 1.807) is 16.8 Å². The van der Waals surface area contributed by atoms with Crippen LogP contribution < -0.4 is 0 Å². The molecular weight excluding hydrogens is 252 g/mol. The van der Waals surface area contributed by atoms with Crippen molar-refractivity contribution in [3.63, 3.8) is 0 Å². The first-order chi connectivity index (χ1) is 9.63. The lowest BCUT2D eigenvalue weighted by Crippen LogP contribution is -2.59. The van der Waals surface area contributed by atoms with Crippen LogP contribution >= 0.6 is 0 Å². The molecule has 1 aliphatic rings. The second-order valence-corrected chi connectivity index (χ2v) is 5.34. The quantitative estimate of drug-likeness (QED) is 0.820. The lowest BCUT2D eigenvalue weighted by Gasteiger charge is -2.39. The normalized spacial score (nSPS) is 19.6. The van der Waals surface area contributed by atoms with Gasteiger partial charge in [0.05, 0.1) is 6.54 Å². The van der Waals surface area contributed by atoms with Crippen molar-refractivity contribution in [2.24, 2.45) is 0 Å². The molecule has 0 N–H and O–H groups in total. The summed E-state index contributed by atoms with van der Waals surface area (Å²) in [6, 6.07) is 9.54. The number of carbonyl (C=O) groups is 2. The van der Waals surface area contributed by atoms with Crippen LogP contribution in [-0.4, -0.2) is 47.8 Å². The summed E-state index contributed by atoms with van der Waals surface area (Å²) < 4.78 is 0. The number of hydrogen-bond acceptors (Lipinski definition) is 2. The molecule has 0 aliphatic carbocycles. The fourth-order valence-corrected chi connectivity index (χ4v) is 2.58. The van der Waals surface area contributed by atoms with E-state index in [-0.39, 0.29) is 24.4 Å². The van der Waals surface area contributed by atoms with Crippen LogP contribution in [0.25, 0.3) is 0 Å². The highest BCUT2D eigenvalue weighted by Crippen LogP contribution is 2.17. The molecule has 0 bridgehead atoms. The van der Waals surface area contributed by atoms with Crippen molar-refractivity contribution in [1.29, 1.82) is 0 Å². The minimum absolute atomic E-state index is 0.0459. The lowest BCUT2D eigenvalue weighted by molar-refractivity contribution is -0.154. The highest BCUT2D eigenvalue weighted by molar-refractivity contribution is 5.94. The number of likely N-dealkylation sites (N-methyl/N-ethyl adjacent to an activating group) is 1. The van der Waals surface area contributed by atoms with Crippen LogP contribution in [0.3, 0.4) is 0 Å². The third kappa shape index (κ3) is 3.18. The van der Waals surface area contributed by atoms with Crippen molar-refractivity contribution in [3.8, 4) is 0 Å². The average Bonchev–Trinajstić information content (AvgIpc) is 2.45. The highest BCUT2D eigenvalue weighted by atomic mass is 16.2. The first-order valence-electron chi connectivity index (χ1n) is 7.22. The highest BCUT2D eigenvalue weighted by Gasteiger charge is 2.37. The fraction of sp³-hybridized carbons (Fsp3) is 0.500. The molecule has 0 unspecified atom stereocenters. The Morgan fingerprint density at radius 3 is 2.55 bits per heavy atom. The van der Waals surface area contributed by atoms with Crippen LogP contribution in [0.4, 0.5) is 0 Å². The van der Waals surface area contributed by atoms with Crippen molar-refractivity contribution in [3.05, 3.63) is 35.9 Å². The Bertz CT molecular complexity index is 473. The van der Waals surface area contributed by atoms with Gasteiger partial charge in [-0.3, -0.25) is 9.59 Å². The van der Waals surface area contributed by atoms with Crippen LogP contribution in [0.1, 0.15) is 25.3 Å². The monoisotopic (exact) mass is 274 g/mol. The van der Waals surface area contributed by atoms with Gasteiger partial charge in [0.15, 0.2) is 0 Å². The van der Waals surface area contributed by atoms with E-state index in [0.717, 1.165) is 18.4 Å². The molecular formula is C16H22N2O2. The first kappa shape index (κ1) is 14.6. The summed E-state index contributed by atoms with van der Waals surface area (Å²) in [6.45, 7) is 2.97.